The Morgan fingerprint density at radius 3 is 2.73 bits per heavy atom. The van der Waals surface area contributed by atoms with E-state index in [-0.39, 0.29) is 0 Å². The largest absolute Gasteiger partial charge is 0.478 e. The second-order valence-corrected chi connectivity index (χ2v) is 5.59. The highest BCUT2D eigenvalue weighted by Crippen LogP contribution is 2.29. The Labute approximate surface area is 131 Å². The summed E-state index contributed by atoms with van der Waals surface area (Å²) in [5, 5.41) is 8.76. The third-order valence-electron chi connectivity index (χ3n) is 3.75. The summed E-state index contributed by atoms with van der Waals surface area (Å²) in [5.74, 6) is -0.0389. The monoisotopic (exact) mass is 305 g/mol. The van der Waals surface area contributed by atoms with E-state index in [4.69, 9.17) is 9.84 Å². The van der Waals surface area contributed by atoms with E-state index in [1.807, 2.05) is 13.1 Å². The normalized spacial score (nSPS) is 15.5. The van der Waals surface area contributed by atoms with E-state index in [1.165, 1.54) is 0 Å². The van der Waals surface area contributed by atoms with Gasteiger partial charge in [-0.2, -0.15) is 0 Å². The molecule has 0 spiro atoms. The number of pyridine rings is 1. The zero-order valence-corrected chi connectivity index (χ0v) is 13.3. The molecule has 1 aromatic heterocycles. The second kappa shape index (κ2) is 7.26. The molecule has 1 aromatic rings. The van der Waals surface area contributed by atoms with Crippen LogP contribution in [-0.4, -0.2) is 55.5 Å². The number of anilines is 2. The minimum absolute atomic E-state index is 0.320. The van der Waals surface area contributed by atoms with E-state index in [0.717, 1.165) is 36.2 Å². The van der Waals surface area contributed by atoms with Crippen molar-refractivity contribution in [3.8, 4) is 0 Å². The van der Waals surface area contributed by atoms with Crippen molar-refractivity contribution < 1.29 is 14.6 Å². The van der Waals surface area contributed by atoms with Crippen molar-refractivity contribution in [3.05, 3.63) is 23.9 Å². The molecule has 0 amide bonds. The van der Waals surface area contributed by atoms with Gasteiger partial charge in [-0.05, 0) is 31.6 Å². The van der Waals surface area contributed by atoms with Gasteiger partial charge in [0.05, 0.1) is 18.9 Å². The molecule has 1 N–H and O–H groups in total. The fraction of sp³-hybridized carbons (Fsp3) is 0.500. The van der Waals surface area contributed by atoms with Crippen LogP contribution in [0.15, 0.2) is 18.3 Å². The molecule has 0 aliphatic carbocycles. The van der Waals surface area contributed by atoms with Crippen LogP contribution in [0.4, 0.5) is 11.5 Å². The number of hydrogen-bond acceptors (Lipinski definition) is 5. The number of aliphatic carboxylic acids is 1. The van der Waals surface area contributed by atoms with Gasteiger partial charge in [-0.15, -0.1) is 0 Å². The Balaban J connectivity index is 2.37. The highest BCUT2D eigenvalue weighted by molar-refractivity contribution is 5.85. The molecule has 1 fully saturated rings. The predicted molar refractivity (Wildman–Crippen MR) is 87.5 cm³/mol. The average Bonchev–Trinajstić information content (AvgIpc) is 2.52. The number of nitrogens with zero attached hydrogens (tertiary/aromatic N) is 3. The molecule has 1 aliphatic rings. The van der Waals surface area contributed by atoms with Crippen LogP contribution < -0.4 is 9.80 Å². The smallest absolute Gasteiger partial charge is 0.328 e. The first kappa shape index (κ1) is 16.3. The van der Waals surface area contributed by atoms with Gasteiger partial charge in [0.15, 0.2) is 5.82 Å². The molecule has 0 bridgehead atoms. The third-order valence-corrected chi connectivity index (χ3v) is 3.75. The Bertz CT molecular complexity index is 552. The van der Waals surface area contributed by atoms with Crippen LogP contribution in [0, 0.1) is 0 Å². The van der Waals surface area contributed by atoms with Crippen molar-refractivity contribution in [1.82, 2.24) is 4.98 Å². The lowest BCUT2D eigenvalue weighted by Gasteiger charge is -2.33. The van der Waals surface area contributed by atoms with Gasteiger partial charge in [-0.25, -0.2) is 9.78 Å². The number of ether oxygens (including phenoxy) is 1. The van der Waals surface area contributed by atoms with Crippen molar-refractivity contribution in [2.75, 3.05) is 43.2 Å². The molecule has 2 heterocycles. The van der Waals surface area contributed by atoms with Gasteiger partial charge in [-0.1, -0.05) is 0 Å². The van der Waals surface area contributed by atoms with E-state index >= 15 is 0 Å². The highest BCUT2D eigenvalue weighted by Gasteiger charge is 2.19. The lowest BCUT2D eigenvalue weighted by molar-refractivity contribution is -0.131. The van der Waals surface area contributed by atoms with Gasteiger partial charge in [0.25, 0.3) is 0 Å². The van der Waals surface area contributed by atoms with Gasteiger partial charge in [0.1, 0.15) is 0 Å². The highest BCUT2D eigenvalue weighted by atomic mass is 16.5. The standard InChI is InChI=1S/C16H23N3O3/c1-12(2)18(3)14-10-13(4-5-15(20)21)11-17-16(14)19-6-8-22-9-7-19/h4-5,10-12H,6-9H2,1-3H3,(H,20,21). The maximum atomic E-state index is 10.7. The number of carbonyl (C=O) groups is 1. The van der Waals surface area contributed by atoms with E-state index in [9.17, 15) is 4.79 Å². The Hall–Kier alpha value is -2.08. The maximum Gasteiger partial charge on any atom is 0.328 e. The first-order valence-electron chi connectivity index (χ1n) is 7.45. The molecule has 120 valence electrons. The average molecular weight is 305 g/mol. The minimum atomic E-state index is -0.962. The van der Waals surface area contributed by atoms with Crippen molar-refractivity contribution in [2.45, 2.75) is 19.9 Å². The SMILES string of the molecule is CC(C)N(C)c1cc(C=CC(=O)O)cnc1N1CCOCC1. The molecule has 0 radical (unpaired) electrons. The summed E-state index contributed by atoms with van der Waals surface area (Å²) in [6.07, 6.45) is 4.41. The van der Waals surface area contributed by atoms with E-state index in [1.54, 1.807) is 12.3 Å². The van der Waals surface area contributed by atoms with E-state index < -0.39 is 5.97 Å². The van der Waals surface area contributed by atoms with E-state index in [0.29, 0.717) is 19.3 Å². The van der Waals surface area contributed by atoms with Crippen molar-refractivity contribution in [2.24, 2.45) is 0 Å². The van der Waals surface area contributed by atoms with Gasteiger partial charge in [0, 0.05) is 38.5 Å². The number of aromatic nitrogens is 1. The second-order valence-electron chi connectivity index (χ2n) is 5.59. The van der Waals surface area contributed by atoms with Crippen molar-refractivity contribution in [1.29, 1.82) is 0 Å². The molecule has 1 aliphatic heterocycles. The van der Waals surface area contributed by atoms with Gasteiger partial charge < -0.3 is 19.6 Å². The van der Waals surface area contributed by atoms with Crippen LogP contribution in [0.1, 0.15) is 19.4 Å². The summed E-state index contributed by atoms with van der Waals surface area (Å²) in [7, 11) is 2.02. The summed E-state index contributed by atoms with van der Waals surface area (Å²) < 4.78 is 5.40. The molecule has 0 unspecified atom stereocenters. The van der Waals surface area contributed by atoms with Crippen LogP contribution in [0.2, 0.25) is 0 Å². The van der Waals surface area contributed by atoms with Gasteiger partial charge >= 0.3 is 5.97 Å². The zero-order valence-electron chi connectivity index (χ0n) is 13.3. The predicted octanol–water partition coefficient (Wildman–Crippen LogP) is 1.86. The van der Waals surface area contributed by atoms with Crippen molar-refractivity contribution in [3.63, 3.8) is 0 Å². The Kier molecular flexibility index (Phi) is 5.38. The summed E-state index contributed by atoms with van der Waals surface area (Å²) >= 11 is 0. The maximum absolute atomic E-state index is 10.7. The Morgan fingerprint density at radius 2 is 2.14 bits per heavy atom. The van der Waals surface area contributed by atoms with Crippen LogP contribution in [0.3, 0.4) is 0 Å². The molecule has 6 heteroatoms. The molecular weight excluding hydrogens is 282 g/mol. The molecule has 0 atom stereocenters. The lowest BCUT2D eigenvalue weighted by Crippen LogP contribution is -2.38. The molecule has 22 heavy (non-hydrogen) atoms. The van der Waals surface area contributed by atoms with Crippen molar-refractivity contribution >= 4 is 23.6 Å². The molecule has 6 nitrogen and oxygen atoms in total. The number of rotatable bonds is 5. The molecular formula is C16H23N3O3. The number of carboxylic acid groups (broad SMARTS) is 1. The fourth-order valence-electron chi connectivity index (χ4n) is 2.28. The summed E-state index contributed by atoms with van der Waals surface area (Å²) in [4.78, 5) is 19.6. The van der Waals surface area contributed by atoms with Crippen LogP contribution in [0.5, 0.6) is 0 Å². The third kappa shape index (κ3) is 3.98. The summed E-state index contributed by atoms with van der Waals surface area (Å²) in [6.45, 7) is 7.26. The first-order chi connectivity index (χ1) is 10.5. The van der Waals surface area contributed by atoms with Gasteiger partial charge in [0.2, 0.25) is 0 Å². The Morgan fingerprint density at radius 1 is 1.45 bits per heavy atom. The molecule has 1 saturated heterocycles. The lowest BCUT2D eigenvalue weighted by atomic mass is 10.2. The first-order valence-corrected chi connectivity index (χ1v) is 7.45. The molecule has 0 aromatic carbocycles. The summed E-state index contributed by atoms with van der Waals surface area (Å²) in [6, 6.07) is 2.30. The van der Waals surface area contributed by atoms with Crippen LogP contribution in [-0.2, 0) is 9.53 Å². The topological polar surface area (TPSA) is 65.9 Å². The fourth-order valence-corrected chi connectivity index (χ4v) is 2.28. The molecule has 2 rings (SSSR count). The van der Waals surface area contributed by atoms with E-state index in [2.05, 4.69) is 28.6 Å². The number of hydrogen-bond donors (Lipinski definition) is 1. The van der Waals surface area contributed by atoms with Gasteiger partial charge in [-0.3, -0.25) is 0 Å². The molecule has 0 saturated carbocycles. The minimum Gasteiger partial charge on any atom is -0.478 e. The number of morpholine rings is 1. The quantitative estimate of drug-likeness (QED) is 0.838. The van der Waals surface area contributed by atoms with Crippen LogP contribution >= 0.6 is 0 Å². The van der Waals surface area contributed by atoms with Crippen LogP contribution in [0.25, 0.3) is 6.08 Å². The number of carboxylic acids is 1. The summed E-state index contributed by atoms with van der Waals surface area (Å²) in [5.41, 5.74) is 1.78. The zero-order chi connectivity index (χ0) is 16.1.